The fourth-order valence-electron chi connectivity index (χ4n) is 2.58. The summed E-state index contributed by atoms with van der Waals surface area (Å²) in [6.07, 6.45) is 0.422. The van der Waals surface area contributed by atoms with Crippen molar-refractivity contribution in [3.05, 3.63) is 35.4 Å². The first-order valence-corrected chi connectivity index (χ1v) is 7.57. The Morgan fingerprint density at radius 2 is 1.75 bits per heavy atom. The van der Waals surface area contributed by atoms with Gasteiger partial charge in [0.05, 0.1) is 6.10 Å². The first-order chi connectivity index (χ1) is 9.43. The van der Waals surface area contributed by atoms with Gasteiger partial charge in [-0.05, 0) is 46.5 Å². The van der Waals surface area contributed by atoms with Crippen LogP contribution in [0.2, 0.25) is 0 Å². The fourth-order valence-corrected chi connectivity index (χ4v) is 2.58. The number of likely N-dealkylation sites (N-methyl/N-ethyl adjacent to an activating group) is 2. The molecule has 1 aromatic rings. The van der Waals surface area contributed by atoms with Gasteiger partial charge < -0.3 is 10.0 Å². The van der Waals surface area contributed by atoms with E-state index in [1.165, 1.54) is 5.56 Å². The normalized spacial score (nSPS) is 14.8. The highest BCUT2D eigenvalue weighted by Gasteiger charge is 2.15. The van der Waals surface area contributed by atoms with Gasteiger partial charge in [-0.3, -0.25) is 4.90 Å². The van der Waals surface area contributed by atoms with E-state index in [4.69, 9.17) is 0 Å². The topological polar surface area (TPSA) is 26.7 Å². The van der Waals surface area contributed by atoms with Gasteiger partial charge in [0.1, 0.15) is 0 Å². The molecule has 0 aliphatic rings. The van der Waals surface area contributed by atoms with Gasteiger partial charge in [0.2, 0.25) is 0 Å². The Balaban J connectivity index is 2.49. The minimum Gasteiger partial charge on any atom is -0.388 e. The number of nitrogens with zero attached hydrogens (tertiary/aromatic N) is 2. The molecule has 0 heterocycles. The summed E-state index contributed by atoms with van der Waals surface area (Å²) in [6.45, 7) is 9.51. The van der Waals surface area contributed by atoms with Crippen LogP contribution in [0.4, 0.5) is 0 Å². The van der Waals surface area contributed by atoms with Crippen molar-refractivity contribution >= 4 is 0 Å². The standard InChI is InChI=1S/C17H30N2O/c1-6-19(15(3)13-18(4)5)12-11-17(20)16-9-7-14(2)8-10-16/h7-10,15,17,20H,6,11-13H2,1-5H3. The van der Waals surface area contributed by atoms with E-state index in [0.29, 0.717) is 6.04 Å². The molecule has 0 aliphatic heterocycles. The molecule has 1 aromatic carbocycles. The number of benzene rings is 1. The molecule has 114 valence electrons. The van der Waals surface area contributed by atoms with Gasteiger partial charge in [-0.25, -0.2) is 0 Å². The minimum absolute atomic E-state index is 0.365. The zero-order chi connectivity index (χ0) is 15.1. The number of aryl methyl sites for hydroxylation is 1. The van der Waals surface area contributed by atoms with E-state index in [-0.39, 0.29) is 6.10 Å². The Labute approximate surface area is 124 Å². The van der Waals surface area contributed by atoms with Crippen LogP contribution >= 0.6 is 0 Å². The number of hydrogen-bond donors (Lipinski definition) is 1. The van der Waals surface area contributed by atoms with Gasteiger partial charge in [-0.15, -0.1) is 0 Å². The van der Waals surface area contributed by atoms with Crippen LogP contribution in [0.5, 0.6) is 0 Å². The maximum Gasteiger partial charge on any atom is 0.0802 e. The van der Waals surface area contributed by atoms with Crippen molar-refractivity contribution in [3.63, 3.8) is 0 Å². The van der Waals surface area contributed by atoms with Crippen molar-refractivity contribution in [2.24, 2.45) is 0 Å². The van der Waals surface area contributed by atoms with E-state index in [1.807, 2.05) is 12.1 Å². The first kappa shape index (κ1) is 17.2. The van der Waals surface area contributed by atoms with Gasteiger partial charge in [0, 0.05) is 19.1 Å². The van der Waals surface area contributed by atoms with Gasteiger partial charge in [-0.2, -0.15) is 0 Å². The predicted molar refractivity (Wildman–Crippen MR) is 86.0 cm³/mol. The van der Waals surface area contributed by atoms with Crippen LogP contribution in [0, 0.1) is 6.92 Å². The molecule has 0 amide bonds. The summed E-state index contributed by atoms with van der Waals surface area (Å²) in [6, 6.07) is 8.69. The van der Waals surface area contributed by atoms with Gasteiger partial charge >= 0.3 is 0 Å². The quantitative estimate of drug-likeness (QED) is 0.792. The minimum atomic E-state index is -0.365. The smallest absolute Gasteiger partial charge is 0.0802 e. The Hall–Kier alpha value is -0.900. The molecule has 0 aromatic heterocycles. The maximum atomic E-state index is 10.3. The molecule has 0 aliphatic carbocycles. The van der Waals surface area contributed by atoms with Crippen LogP contribution in [0.15, 0.2) is 24.3 Å². The third kappa shape index (κ3) is 5.61. The van der Waals surface area contributed by atoms with Gasteiger partial charge in [-0.1, -0.05) is 36.8 Å². The molecule has 0 fully saturated rings. The van der Waals surface area contributed by atoms with Crippen LogP contribution in [-0.4, -0.2) is 54.7 Å². The molecule has 3 nitrogen and oxygen atoms in total. The summed E-state index contributed by atoms with van der Waals surface area (Å²) in [7, 11) is 4.21. The Kier molecular flexibility index (Phi) is 7.20. The number of aliphatic hydroxyl groups is 1. The summed E-state index contributed by atoms with van der Waals surface area (Å²) < 4.78 is 0. The first-order valence-electron chi connectivity index (χ1n) is 7.57. The number of rotatable bonds is 8. The van der Waals surface area contributed by atoms with E-state index in [1.54, 1.807) is 0 Å². The van der Waals surface area contributed by atoms with Crippen molar-refractivity contribution in [1.82, 2.24) is 9.80 Å². The zero-order valence-electron chi connectivity index (χ0n) is 13.6. The molecule has 0 bridgehead atoms. The summed E-state index contributed by atoms with van der Waals surface area (Å²) in [4.78, 5) is 4.64. The van der Waals surface area contributed by atoms with Crippen molar-refractivity contribution in [1.29, 1.82) is 0 Å². The molecular formula is C17H30N2O. The van der Waals surface area contributed by atoms with E-state index in [0.717, 1.165) is 31.6 Å². The molecule has 0 spiro atoms. The van der Waals surface area contributed by atoms with Crippen molar-refractivity contribution < 1.29 is 5.11 Å². The molecule has 20 heavy (non-hydrogen) atoms. The molecule has 3 heteroatoms. The predicted octanol–water partition coefficient (Wildman–Crippen LogP) is 2.69. The van der Waals surface area contributed by atoms with E-state index < -0.39 is 0 Å². The molecule has 0 radical (unpaired) electrons. The monoisotopic (exact) mass is 278 g/mol. The zero-order valence-corrected chi connectivity index (χ0v) is 13.6. The summed E-state index contributed by atoms with van der Waals surface area (Å²) >= 11 is 0. The number of aliphatic hydroxyl groups excluding tert-OH is 1. The van der Waals surface area contributed by atoms with Crippen molar-refractivity contribution in [3.8, 4) is 0 Å². The second-order valence-electron chi connectivity index (χ2n) is 5.96. The average Bonchev–Trinajstić information content (AvgIpc) is 2.39. The Bertz CT molecular complexity index is 375. The summed E-state index contributed by atoms with van der Waals surface area (Å²) in [5, 5.41) is 10.3. The van der Waals surface area contributed by atoms with Crippen LogP contribution < -0.4 is 0 Å². The van der Waals surface area contributed by atoms with E-state index in [2.05, 4.69) is 56.8 Å². The van der Waals surface area contributed by atoms with Crippen molar-refractivity contribution in [2.75, 3.05) is 33.7 Å². The third-order valence-electron chi connectivity index (χ3n) is 3.81. The maximum absolute atomic E-state index is 10.3. The molecular weight excluding hydrogens is 248 g/mol. The van der Waals surface area contributed by atoms with Crippen LogP contribution in [0.25, 0.3) is 0 Å². The molecule has 2 atom stereocenters. The summed E-state index contributed by atoms with van der Waals surface area (Å²) in [5.41, 5.74) is 2.25. The van der Waals surface area contributed by atoms with Gasteiger partial charge in [0.25, 0.3) is 0 Å². The van der Waals surface area contributed by atoms with Crippen LogP contribution in [0.3, 0.4) is 0 Å². The molecule has 2 unspecified atom stereocenters. The highest BCUT2D eigenvalue weighted by atomic mass is 16.3. The lowest BCUT2D eigenvalue weighted by molar-refractivity contribution is 0.121. The largest absolute Gasteiger partial charge is 0.388 e. The lowest BCUT2D eigenvalue weighted by Crippen LogP contribution is -2.40. The second kappa shape index (κ2) is 8.40. The second-order valence-corrected chi connectivity index (χ2v) is 5.96. The molecule has 0 saturated carbocycles. The Morgan fingerprint density at radius 3 is 2.25 bits per heavy atom. The van der Waals surface area contributed by atoms with Crippen LogP contribution in [0.1, 0.15) is 37.5 Å². The van der Waals surface area contributed by atoms with Gasteiger partial charge in [0.15, 0.2) is 0 Å². The third-order valence-corrected chi connectivity index (χ3v) is 3.81. The lowest BCUT2D eigenvalue weighted by Gasteiger charge is -2.30. The SMILES string of the molecule is CCN(CCC(O)c1ccc(C)cc1)C(C)CN(C)C. The molecule has 0 saturated heterocycles. The van der Waals surface area contributed by atoms with Crippen molar-refractivity contribution in [2.45, 2.75) is 39.3 Å². The summed E-state index contributed by atoms with van der Waals surface area (Å²) in [5.74, 6) is 0. The highest BCUT2D eigenvalue weighted by molar-refractivity contribution is 5.23. The van der Waals surface area contributed by atoms with Crippen LogP contribution in [-0.2, 0) is 0 Å². The molecule has 1 N–H and O–H groups in total. The fraction of sp³-hybridized carbons (Fsp3) is 0.647. The molecule has 1 rings (SSSR count). The average molecular weight is 278 g/mol. The van der Waals surface area contributed by atoms with E-state index >= 15 is 0 Å². The number of hydrogen-bond acceptors (Lipinski definition) is 3. The van der Waals surface area contributed by atoms with E-state index in [9.17, 15) is 5.11 Å². The lowest BCUT2D eigenvalue weighted by atomic mass is 10.0. The Morgan fingerprint density at radius 1 is 1.15 bits per heavy atom. The highest BCUT2D eigenvalue weighted by Crippen LogP contribution is 2.18.